The van der Waals surface area contributed by atoms with Gasteiger partial charge in [-0.15, -0.1) is 0 Å². The summed E-state index contributed by atoms with van der Waals surface area (Å²) in [6.07, 6.45) is 0.161. The second kappa shape index (κ2) is 8.14. The van der Waals surface area contributed by atoms with E-state index in [2.05, 4.69) is 0 Å². The maximum Gasteiger partial charge on any atom is 0.307 e. The summed E-state index contributed by atoms with van der Waals surface area (Å²) in [5.74, 6) is 0.498. The van der Waals surface area contributed by atoms with Crippen LogP contribution in [-0.2, 0) is 9.53 Å². The van der Waals surface area contributed by atoms with E-state index < -0.39 is 0 Å². The molecule has 1 aromatic carbocycles. The molecule has 0 aliphatic carbocycles. The van der Waals surface area contributed by atoms with Crippen LogP contribution in [0.25, 0.3) is 0 Å². The molecule has 0 saturated carbocycles. The van der Waals surface area contributed by atoms with E-state index >= 15 is 0 Å². The Morgan fingerprint density at radius 1 is 1.19 bits per heavy atom. The van der Waals surface area contributed by atoms with Crippen molar-refractivity contribution in [1.29, 1.82) is 0 Å². The van der Waals surface area contributed by atoms with Crippen LogP contribution in [0.4, 0.5) is 0 Å². The van der Waals surface area contributed by atoms with Crippen molar-refractivity contribution in [2.24, 2.45) is 0 Å². The average Bonchev–Trinajstić information content (AvgIpc) is 2.51. The molecule has 1 amide bonds. The topological polar surface area (TPSA) is 65.1 Å². The minimum atomic E-state index is -0.321. The molecule has 0 fully saturated rings. The number of benzene rings is 1. The Labute approximate surface area is 124 Å². The van der Waals surface area contributed by atoms with Gasteiger partial charge in [-0.25, -0.2) is 0 Å². The molecule has 0 aliphatic rings. The summed E-state index contributed by atoms with van der Waals surface area (Å²) in [5, 5.41) is 0. The van der Waals surface area contributed by atoms with Crippen molar-refractivity contribution in [2.45, 2.75) is 13.3 Å². The SMILES string of the molecule is CCOC(=O)CCN(C)C(=O)c1ccc(OC)cc1OC. The molecule has 21 heavy (non-hydrogen) atoms. The molecule has 6 nitrogen and oxygen atoms in total. The van der Waals surface area contributed by atoms with Crippen molar-refractivity contribution in [1.82, 2.24) is 4.90 Å². The standard InChI is InChI=1S/C15H21NO5/c1-5-21-14(17)8-9-16(2)15(18)12-7-6-11(19-3)10-13(12)20-4/h6-7,10H,5,8-9H2,1-4H3. The predicted molar refractivity (Wildman–Crippen MR) is 77.8 cm³/mol. The van der Waals surface area contributed by atoms with Crippen LogP contribution in [0.3, 0.4) is 0 Å². The van der Waals surface area contributed by atoms with Gasteiger partial charge in [0.2, 0.25) is 0 Å². The summed E-state index contributed by atoms with van der Waals surface area (Å²) >= 11 is 0. The van der Waals surface area contributed by atoms with Crippen LogP contribution in [-0.4, -0.2) is 51.2 Å². The molecule has 0 aliphatic heterocycles. The highest BCUT2D eigenvalue weighted by molar-refractivity contribution is 5.97. The smallest absolute Gasteiger partial charge is 0.307 e. The third kappa shape index (κ3) is 4.66. The first-order valence-corrected chi connectivity index (χ1v) is 6.66. The minimum absolute atomic E-state index is 0.161. The zero-order chi connectivity index (χ0) is 15.8. The minimum Gasteiger partial charge on any atom is -0.497 e. The number of carbonyl (C=O) groups is 2. The Morgan fingerprint density at radius 3 is 2.48 bits per heavy atom. The summed E-state index contributed by atoms with van der Waals surface area (Å²) in [5.41, 5.74) is 0.421. The summed E-state index contributed by atoms with van der Waals surface area (Å²) in [4.78, 5) is 25.1. The summed E-state index contributed by atoms with van der Waals surface area (Å²) < 4.78 is 15.1. The van der Waals surface area contributed by atoms with Gasteiger partial charge >= 0.3 is 5.97 Å². The van der Waals surface area contributed by atoms with Crippen LogP contribution in [0, 0.1) is 0 Å². The lowest BCUT2D eigenvalue weighted by Crippen LogP contribution is -2.29. The monoisotopic (exact) mass is 295 g/mol. The fourth-order valence-corrected chi connectivity index (χ4v) is 1.77. The second-order valence-electron chi connectivity index (χ2n) is 4.35. The van der Waals surface area contributed by atoms with E-state index in [-0.39, 0.29) is 24.8 Å². The van der Waals surface area contributed by atoms with Gasteiger partial charge in [-0.05, 0) is 19.1 Å². The van der Waals surface area contributed by atoms with Crippen molar-refractivity contribution in [2.75, 3.05) is 34.4 Å². The number of carbonyl (C=O) groups excluding carboxylic acids is 2. The number of amides is 1. The lowest BCUT2D eigenvalue weighted by Gasteiger charge is -2.18. The fraction of sp³-hybridized carbons (Fsp3) is 0.467. The number of methoxy groups -OCH3 is 2. The van der Waals surface area contributed by atoms with E-state index in [9.17, 15) is 9.59 Å². The number of rotatable bonds is 7. The third-order valence-electron chi connectivity index (χ3n) is 2.94. The second-order valence-corrected chi connectivity index (χ2v) is 4.35. The molecule has 0 unspecified atom stereocenters. The maximum absolute atomic E-state index is 12.3. The van der Waals surface area contributed by atoms with Gasteiger partial charge in [0.15, 0.2) is 0 Å². The predicted octanol–water partition coefficient (Wildman–Crippen LogP) is 1.73. The number of nitrogens with zero attached hydrogens (tertiary/aromatic N) is 1. The normalized spacial score (nSPS) is 9.90. The summed E-state index contributed by atoms with van der Waals surface area (Å²) in [7, 11) is 4.66. The van der Waals surface area contributed by atoms with Gasteiger partial charge in [0.05, 0.1) is 32.8 Å². The van der Waals surface area contributed by atoms with Crippen molar-refractivity contribution in [3.05, 3.63) is 23.8 Å². The summed E-state index contributed by atoms with van der Waals surface area (Å²) in [6.45, 7) is 2.37. The van der Waals surface area contributed by atoms with E-state index in [1.807, 2.05) is 0 Å². The molecule has 0 aromatic heterocycles. The quantitative estimate of drug-likeness (QED) is 0.717. The molecule has 0 radical (unpaired) electrons. The summed E-state index contributed by atoms with van der Waals surface area (Å²) in [6, 6.07) is 4.97. The van der Waals surface area contributed by atoms with Crippen LogP contribution >= 0.6 is 0 Å². The molecule has 0 N–H and O–H groups in total. The van der Waals surface area contributed by atoms with Crippen molar-refractivity contribution in [3.63, 3.8) is 0 Å². The van der Waals surface area contributed by atoms with Gasteiger partial charge in [-0.1, -0.05) is 0 Å². The highest BCUT2D eigenvalue weighted by Crippen LogP contribution is 2.25. The van der Waals surface area contributed by atoms with E-state index in [1.54, 1.807) is 39.3 Å². The van der Waals surface area contributed by atoms with E-state index in [4.69, 9.17) is 14.2 Å². The lowest BCUT2D eigenvalue weighted by atomic mass is 10.1. The van der Waals surface area contributed by atoms with Gasteiger partial charge in [-0.3, -0.25) is 9.59 Å². The van der Waals surface area contributed by atoms with E-state index in [0.717, 1.165) is 0 Å². The number of hydrogen-bond acceptors (Lipinski definition) is 5. The third-order valence-corrected chi connectivity index (χ3v) is 2.94. The average molecular weight is 295 g/mol. The molecule has 0 atom stereocenters. The van der Waals surface area contributed by atoms with Gasteiger partial charge in [0.1, 0.15) is 11.5 Å². The van der Waals surface area contributed by atoms with Crippen molar-refractivity contribution >= 4 is 11.9 Å². The highest BCUT2D eigenvalue weighted by atomic mass is 16.5. The first-order valence-electron chi connectivity index (χ1n) is 6.66. The van der Waals surface area contributed by atoms with E-state index in [1.165, 1.54) is 12.0 Å². The molecule has 0 bridgehead atoms. The molecule has 1 rings (SSSR count). The van der Waals surface area contributed by atoms with Gasteiger partial charge in [0, 0.05) is 19.7 Å². The van der Waals surface area contributed by atoms with Gasteiger partial charge in [0.25, 0.3) is 5.91 Å². The highest BCUT2D eigenvalue weighted by Gasteiger charge is 2.18. The number of ether oxygens (including phenoxy) is 3. The van der Waals surface area contributed by atoms with Crippen molar-refractivity contribution in [3.8, 4) is 11.5 Å². The first kappa shape index (κ1) is 16.8. The largest absolute Gasteiger partial charge is 0.497 e. The lowest BCUT2D eigenvalue weighted by molar-refractivity contribution is -0.143. The van der Waals surface area contributed by atoms with Crippen LogP contribution in [0.15, 0.2) is 18.2 Å². The van der Waals surface area contributed by atoms with Crippen molar-refractivity contribution < 1.29 is 23.8 Å². The molecule has 0 spiro atoms. The zero-order valence-corrected chi connectivity index (χ0v) is 12.8. The molecular weight excluding hydrogens is 274 g/mol. The Morgan fingerprint density at radius 2 is 1.90 bits per heavy atom. The van der Waals surface area contributed by atoms with Crippen LogP contribution in [0.1, 0.15) is 23.7 Å². The molecule has 1 aromatic rings. The molecule has 116 valence electrons. The molecular formula is C15H21NO5. The fourth-order valence-electron chi connectivity index (χ4n) is 1.77. The maximum atomic E-state index is 12.3. The zero-order valence-electron chi connectivity index (χ0n) is 12.8. The van der Waals surface area contributed by atoms with Crippen LogP contribution < -0.4 is 9.47 Å². The Kier molecular flexibility index (Phi) is 6.52. The Hall–Kier alpha value is -2.24. The first-order chi connectivity index (χ1) is 10.0. The van der Waals surface area contributed by atoms with Crippen LogP contribution in [0.5, 0.6) is 11.5 Å². The number of esters is 1. The molecule has 0 saturated heterocycles. The van der Waals surface area contributed by atoms with Crippen LogP contribution in [0.2, 0.25) is 0 Å². The Balaban J connectivity index is 2.76. The molecule has 6 heteroatoms. The van der Waals surface area contributed by atoms with Gasteiger partial charge < -0.3 is 19.1 Å². The van der Waals surface area contributed by atoms with Gasteiger partial charge in [-0.2, -0.15) is 0 Å². The van der Waals surface area contributed by atoms with E-state index in [0.29, 0.717) is 23.7 Å². The molecule has 0 heterocycles. The Bertz CT molecular complexity index is 501. The number of hydrogen-bond donors (Lipinski definition) is 0.